The van der Waals surface area contributed by atoms with E-state index in [0.717, 1.165) is 31.0 Å². The van der Waals surface area contributed by atoms with E-state index in [1.807, 2.05) is 31.3 Å². The van der Waals surface area contributed by atoms with Gasteiger partial charge in [0.15, 0.2) is 5.96 Å². The van der Waals surface area contributed by atoms with E-state index in [2.05, 4.69) is 51.7 Å². The second-order valence-corrected chi connectivity index (χ2v) is 6.35. The summed E-state index contributed by atoms with van der Waals surface area (Å²) in [6.07, 6.45) is 0.822. The van der Waals surface area contributed by atoms with Gasteiger partial charge < -0.3 is 15.5 Å². The fourth-order valence-corrected chi connectivity index (χ4v) is 2.76. The van der Waals surface area contributed by atoms with Gasteiger partial charge >= 0.3 is 0 Å². The molecule has 0 unspecified atom stereocenters. The highest BCUT2D eigenvalue weighted by molar-refractivity contribution is 14.0. The minimum atomic E-state index is -0.0616. The van der Waals surface area contributed by atoms with E-state index < -0.39 is 0 Å². The van der Waals surface area contributed by atoms with Crippen LogP contribution in [0.1, 0.15) is 27.0 Å². The van der Waals surface area contributed by atoms with Crippen molar-refractivity contribution < 1.29 is 4.79 Å². The molecule has 0 atom stereocenters. The minimum Gasteiger partial charge on any atom is -0.356 e. The number of carbonyl (C=O) groups excluding carboxylic acids is 1. The fourth-order valence-electron chi connectivity index (χ4n) is 2.76. The van der Waals surface area contributed by atoms with Gasteiger partial charge in [0.05, 0.1) is 0 Å². The molecule has 0 radical (unpaired) electrons. The van der Waals surface area contributed by atoms with E-state index in [9.17, 15) is 4.79 Å². The lowest BCUT2D eigenvalue weighted by Gasteiger charge is -2.22. The van der Waals surface area contributed by atoms with Gasteiger partial charge in [0.2, 0.25) is 0 Å². The van der Waals surface area contributed by atoms with Gasteiger partial charge in [-0.25, -0.2) is 0 Å². The Morgan fingerprint density at radius 1 is 1.11 bits per heavy atom. The maximum Gasteiger partial charge on any atom is 0.251 e. The number of carbonyl (C=O) groups is 1. The molecule has 0 aromatic heterocycles. The number of rotatable bonds is 6. The molecule has 1 amide bonds. The SMILES string of the molecule is CN=C(NCCc1cccc(C(=O)NC)c1)N(C)Cc1ccc(C)cc1.I. The summed E-state index contributed by atoms with van der Waals surface area (Å²) in [6, 6.07) is 16.2. The first kappa shape index (κ1) is 23.0. The van der Waals surface area contributed by atoms with Gasteiger partial charge in [0.25, 0.3) is 5.91 Å². The van der Waals surface area contributed by atoms with Crippen LogP contribution in [0.4, 0.5) is 0 Å². The van der Waals surface area contributed by atoms with Crippen LogP contribution in [0.25, 0.3) is 0 Å². The predicted octanol–water partition coefficient (Wildman–Crippen LogP) is 3.22. The second kappa shape index (κ2) is 11.6. The summed E-state index contributed by atoms with van der Waals surface area (Å²) >= 11 is 0. The highest BCUT2D eigenvalue weighted by Gasteiger charge is 2.07. The quantitative estimate of drug-likeness (QED) is 0.379. The van der Waals surface area contributed by atoms with E-state index in [-0.39, 0.29) is 29.9 Å². The van der Waals surface area contributed by atoms with E-state index in [1.165, 1.54) is 11.1 Å². The lowest BCUT2D eigenvalue weighted by molar-refractivity contribution is 0.0963. The van der Waals surface area contributed by atoms with Crippen LogP contribution >= 0.6 is 24.0 Å². The Hall–Kier alpha value is -2.09. The molecule has 0 aliphatic heterocycles. The van der Waals surface area contributed by atoms with Crippen LogP contribution in [-0.2, 0) is 13.0 Å². The van der Waals surface area contributed by atoms with E-state index in [4.69, 9.17) is 0 Å². The van der Waals surface area contributed by atoms with Gasteiger partial charge in [-0.05, 0) is 36.6 Å². The Kier molecular flexibility index (Phi) is 9.85. The Labute approximate surface area is 179 Å². The number of guanidine groups is 1. The number of hydrogen-bond donors (Lipinski definition) is 2. The minimum absolute atomic E-state index is 0. The lowest BCUT2D eigenvalue weighted by atomic mass is 10.1. The summed E-state index contributed by atoms with van der Waals surface area (Å²) in [5.41, 5.74) is 4.32. The summed E-state index contributed by atoms with van der Waals surface area (Å²) in [5, 5.41) is 6.04. The molecule has 0 bridgehead atoms. The largest absolute Gasteiger partial charge is 0.356 e. The van der Waals surface area contributed by atoms with Crippen molar-refractivity contribution in [3.8, 4) is 0 Å². The van der Waals surface area contributed by atoms with Crippen molar-refractivity contribution in [2.24, 2.45) is 4.99 Å². The number of aryl methyl sites for hydroxylation is 1. The first-order chi connectivity index (χ1) is 12.5. The number of aliphatic imine (C=N–C) groups is 1. The number of halogens is 1. The maximum atomic E-state index is 11.7. The monoisotopic (exact) mass is 480 g/mol. The predicted molar refractivity (Wildman–Crippen MR) is 123 cm³/mol. The molecule has 0 saturated carbocycles. The Balaban J connectivity index is 0.00000364. The highest BCUT2D eigenvalue weighted by atomic mass is 127. The number of nitrogens with zero attached hydrogens (tertiary/aromatic N) is 2. The van der Waals surface area contributed by atoms with E-state index in [0.29, 0.717) is 5.56 Å². The van der Waals surface area contributed by atoms with E-state index in [1.54, 1.807) is 14.1 Å². The zero-order valence-electron chi connectivity index (χ0n) is 16.5. The van der Waals surface area contributed by atoms with Crippen molar-refractivity contribution in [3.63, 3.8) is 0 Å². The summed E-state index contributed by atoms with van der Waals surface area (Å²) in [4.78, 5) is 18.2. The molecule has 2 aromatic rings. The van der Waals surface area contributed by atoms with Crippen LogP contribution in [0.2, 0.25) is 0 Å². The lowest BCUT2D eigenvalue weighted by Crippen LogP contribution is -2.39. The zero-order valence-corrected chi connectivity index (χ0v) is 18.8. The van der Waals surface area contributed by atoms with Gasteiger partial charge in [-0.3, -0.25) is 9.79 Å². The third kappa shape index (κ3) is 7.21. The molecule has 6 heteroatoms. The molecule has 0 aliphatic carbocycles. The van der Waals surface area contributed by atoms with Crippen molar-refractivity contribution in [1.29, 1.82) is 0 Å². The fraction of sp³-hybridized carbons (Fsp3) is 0.333. The molecule has 5 nitrogen and oxygen atoms in total. The normalized spacial score (nSPS) is 10.7. The number of nitrogens with one attached hydrogen (secondary N) is 2. The molecule has 27 heavy (non-hydrogen) atoms. The zero-order chi connectivity index (χ0) is 18.9. The number of benzene rings is 2. The Bertz CT molecular complexity index is 759. The van der Waals surface area contributed by atoms with Crippen LogP contribution in [0.15, 0.2) is 53.5 Å². The third-order valence-electron chi connectivity index (χ3n) is 4.23. The molecule has 0 spiro atoms. The molecule has 2 aromatic carbocycles. The molecule has 146 valence electrons. The van der Waals surface area contributed by atoms with Gasteiger partial charge in [-0.2, -0.15) is 0 Å². The third-order valence-corrected chi connectivity index (χ3v) is 4.23. The molecule has 2 rings (SSSR count). The van der Waals surface area contributed by atoms with Crippen molar-refractivity contribution >= 4 is 35.8 Å². The van der Waals surface area contributed by atoms with Crippen LogP contribution in [-0.4, -0.2) is 44.5 Å². The first-order valence-electron chi connectivity index (χ1n) is 8.82. The van der Waals surface area contributed by atoms with Gasteiger partial charge in [-0.15, -0.1) is 24.0 Å². The second-order valence-electron chi connectivity index (χ2n) is 6.35. The van der Waals surface area contributed by atoms with E-state index >= 15 is 0 Å². The maximum absolute atomic E-state index is 11.7. The van der Waals surface area contributed by atoms with Crippen LogP contribution in [0.3, 0.4) is 0 Å². The van der Waals surface area contributed by atoms with Gasteiger partial charge in [0, 0.05) is 39.8 Å². The number of amides is 1. The molecule has 0 aliphatic rings. The number of hydrogen-bond acceptors (Lipinski definition) is 2. The van der Waals surface area contributed by atoms with Gasteiger partial charge in [0.1, 0.15) is 0 Å². The van der Waals surface area contributed by atoms with Crippen molar-refractivity contribution in [1.82, 2.24) is 15.5 Å². The molecule has 2 N–H and O–H groups in total. The molecule has 0 fully saturated rings. The Morgan fingerprint density at radius 3 is 2.44 bits per heavy atom. The van der Waals surface area contributed by atoms with Crippen molar-refractivity contribution in [2.45, 2.75) is 19.9 Å². The van der Waals surface area contributed by atoms with Gasteiger partial charge in [-0.1, -0.05) is 42.0 Å². The standard InChI is InChI=1S/C21H28N4O.HI/c1-16-8-10-18(11-9-16)15-25(4)21(23-3)24-13-12-17-6-5-7-19(14-17)20(26)22-2;/h5-11,14H,12-13,15H2,1-4H3,(H,22,26)(H,23,24);1H. The summed E-state index contributed by atoms with van der Waals surface area (Å²) in [6.45, 7) is 3.64. The summed E-state index contributed by atoms with van der Waals surface area (Å²) in [5.74, 6) is 0.793. The van der Waals surface area contributed by atoms with Crippen LogP contribution < -0.4 is 10.6 Å². The highest BCUT2D eigenvalue weighted by Crippen LogP contribution is 2.07. The summed E-state index contributed by atoms with van der Waals surface area (Å²) in [7, 11) is 5.46. The smallest absolute Gasteiger partial charge is 0.251 e. The average Bonchev–Trinajstić information content (AvgIpc) is 2.66. The molecular formula is C21H29IN4O. The topological polar surface area (TPSA) is 56.7 Å². The first-order valence-corrected chi connectivity index (χ1v) is 8.82. The average molecular weight is 480 g/mol. The van der Waals surface area contributed by atoms with Crippen LogP contribution in [0.5, 0.6) is 0 Å². The van der Waals surface area contributed by atoms with Crippen molar-refractivity contribution in [3.05, 3.63) is 70.8 Å². The van der Waals surface area contributed by atoms with Crippen LogP contribution in [0, 0.1) is 6.92 Å². The molecular weight excluding hydrogens is 451 g/mol. The molecule has 0 heterocycles. The summed E-state index contributed by atoms with van der Waals surface area (Å²) < 4.78 is 0. The molecule has 0 saturated heterocycles. The Morgan fingerprint density at radius 2 is 1.81 bits per heavy atom. The van der Waals surface area contributed by atoms with Crippen molar-refractivity contribution in [2.75, 3.05) is 27.7 Å².